The molecular formula is C19H28N2O2. The number of carbonyl (C=O) groups is 1. The van der Waals surface area contributed by atoms with Crippen molar-refractivity contribution in [1.29, 1.82) is 0 Å². The Labute approximate surface area is 139 Å². The lowest BCUT2D eigenvalue weighted by Crippen LogP contribution is -2.40. The smallest absolute Gasteiger partial charge is 0.410 e. The molecule has 1 amide bonds. The Balaban J connectivity index is 1.64. The molecule has 4 nitrogen and oxygen atoms in total. The molecule has 2 fully saturated rings. The molecule has 2 aliphatic rings. The third-order valence-corrected chi connectivity index (χ3v) is 4.63. The van der Waals surface area contributed by atoms with Gasteiger partial charge in [0.2, 0.25) is 0 Å². The predicted molar refractivity (Wildman–Crippen MR) is 91.2 cm³/mol. The van der Waals surface area contributed by atoms with E-state index < -0.39 is 5.60 Å². The first-order chi connectivity index (χ1) is 10.9. The van der Waals surface area contributed by atoms with Gasteiger partial charge in [0.1, 0.15) is 5.60 Å². The second-order valence-corrected chi connectivity index (χ2v) is 8.10. The third kappa shape index (κ3) is 4.47. The maximum absolute atomic E-state index is 12.4. The summed E-state index contributed by atoms with van der Waals surface area (Å²) >= 11 is 0. The monoisotopic (exact) mass is 316 g/mol. The highest BCUT2D eigenvalue weighted by Crippen LogP contribution is 2.48. The SMILES string of the molecule is CC(C)(C)OC(=O)N1CCN(Cc2ccccc2)CC2(CC2)C1. The molecule has 3 rings (SSSR count). The Morgan fingerprint density at radius 2 is 1.83 bits per heavy atom. The van der Waals surface area contributed by atoms with Crippen molar-refractivity contribution in [1.82, 2.24) is 9.80 Å². The van der Waals surface area contributed by atoms with Crippen molar-refractivity contribution in [3.63, 3.8) is 0 Å². The highest BCUT2D eigenvalue weighted by Gasteiger charge is 2.47. The van der Waals surface area contributed by atoms with Gasteiger partial charge in [-0.15, -0.1) is 0 Å². The average Bonchev–Trinajstić information content (AvgIpc) is 3.24. The van der Waals surface area contributed by atoms with Crippen LogP contribution in [0.2, 0.25) is 0 Å². The van der Waals surface area contributed by atoms with Crippen LogP contribution in [-0.2, 0) is 11.3 Å². The molecule has 126 valence electrons. The summed E-state index contributed by atoms with van der Waals surface area (Å²) in [5.41, 5.74) is 1.21. The zero-order valence-corrected chi connectivity index (χ0v) is 14.5. The molecule has 0 N–H and O–H groups in total. The minimum atomic E-state index is -0.427. The number of hydrogen-bond acceptors (Lipinski definition) is 3. The summed E-state index contributed by atoms with van der Waals surface area (Å²) in [6.07, 6.45) is 2.28. The van der Waals surface area contributed by atoms with E-state index in [1.165, 1.54) is 18.4 Å². The van der Waals surface area contributed by atoms with Gasteiger partial charge in [0.15, 0.2) is 0 Å². The van der Waals surface area contributed by atoms with Crippen LogP contribution in [0.15, 0.2) is 30.3 Å². The van der Waals surface area contributed by atoms with Crippen LogP contribution in [0.1, 0.15) is 39.2 Å². The van der Waals surface area contributed by atoms with Gasteiger partial charge < -0.3 is 9.64 Å². The van der Waals surface area contributed by atoms with Gasteiger partial charge in [-0.1, -0.05) is 30.3 Å². The van der Waals surface area contributed by atoms with Gasteiger partial charge in [-0.2, -0.15) is 0 Å². The van der Waals surface area contributed by atoms with E-state index in [1.807, 2.05) is 25.7 Å². The molecule has 1 spiro atoms. The molecule has 1 saturated heterocycles. The summed E-state index contributed by atoms with van der Waals surface area (Å²) in [7, 11) is 0. The lowest BCUT2D eigenvalue weighted by molar-refractivity contribution is 0.0233. The second kappa shape index (κ2) is 6.16. The molecule has 0 aromatic heterocycles. The Morgan fingerprint density at radius 3 is 2.43 bits per heavy atom. The van der Waals surface area contributed by atoms with Crippen LogP contribution >= 0.6 is 0 Å². The highest BCUT2D eigenvalue weighted by atomic mass is 16.6. The lowest BCUT2D eigenvalue weighted by atomic mass is 10.1. The normalized spacial score (nSPS) is 21.1. The Kier molecular flexibility index (Phi) is 4.37. The molecule has 0 radical (unpaired) electrons. The minimum Gasteiger partial charge on any atom is -0.444 e. The van der Waals surface area contributed by atoms with Crippen LogP contribution in [0.4, 0.5) is 4.79 Å². The molecule has 23 heavy (non-hydrogen) atoms. The van der Waals surface area contributed by atoms with Crippen LogP contribution in [0, 0.1) is 5.41 Å². The van der Waals surface area contributed by atoms with Crippen LogP contribution in [0.3, 0.4) is 0 Å². The van der Waals surface area contributed by atoms with Crippen molar-refractivity contribution in [2.75, 3.05) is 26.2 Å². The van der Waals surface area contributed by atoms with E-state index in [0.29, 0.717) is 5.41 Å². The zero-order valence-electron chi connectivity index (χ0n) is 14.5. The standard InChI is InChI=1S/C19H28N2O2/c1-18(2,3)23-17(22)21-12-11-20(14-19(15-21)9-10-19)13-16-7-5-4-6-8-16/h4-8H,9-15H2,1-3H3. The van der Waals surface area contributed by atoms with Crippen LogP contribution < -0.4 is 0 Å². The first-order valence-electron chi connectivity index (χ1n) is 8.60. The largest absolute Gasteiger partial charge is 0.444 e. The number of rotatable bonds is 2. The van der Waals surface area contributed by atoms with E-state index in [2.05, 4.69) is 35.2 Å². The van der Waals surface area contributed by atoms with Gasteiger partial charge >= 0.3 is 6.09 Å². The van der Waals surface area contributed by atoms with Crippen LogP contribution in [0.25, 0.3) is 0 Å². The number of carbonyl (C=O) groups excluding carboxylic acids is 1. The van der Waals surface area contributed by atoms with E-state index in [-0.39, 0.29) is 6.09 Å². The van der Waals surface area contributed by atoms with Gasteiger partial charge in [0.05, 0.1) is 0 Å². The first-order valence-corrected chi connectivity index (χ1v) is 8.60. The fourth-order valence-electron chi connectivity index (χ4n) is 3.30. The van der Waals surface area contributed by atoms with Crippen molar-refractivity contribution < 1.29 is 9.53 Å². The first kappa shape index (κ1) is 16.3. The fraction of sp³-hybridized carbons (Fsp3) is 0.632. The zero-order chi connectivity index (χ0) is 16.5. The van der Waals surface area contributed by atoms with E-state index in [0.717, 1.165) is 32.7 Å². The minimum absolute atomic E-state index is 0.162. The highest BCUT2D eigenvalue weighted by molar-refractivity contribution is 5.68. The summed E-state index contributed by atoms with van der Waals surface area (Å²) in [5, 5.41) is 0. The Hall–Kier alpha value is -1.55. The summed E-state index contributed by atoms with van der Waals surface area (Å²) in [5.74, 6) is 0. The molecule has 0 bridgehead atoms. The molecule has 1 saturated carbocycles. The predicted octanol–water partition coefficient (Wildman–Crippen LogP) is 3.52. The third-order valence-electron chi connectivity index (χ3n) is 4.63. The lowest BCUT2D eigenvalue weighted by Gasteiger charge is -2.28. The maximum atomic E-state index is 12.4. The van der Waals surface area contributed by atoms with Gasteiger partial charge in [-0.05, 0) is 39.2 Å². The van der Waals surface area contributed by atoms with Gasteiger partial charge in [0, 0.05) is 38.1 Å². The summed E-state index contributed by atoms with van der Waals surface area (Å²) < 4.78 is 5.58. The van der Waals surface area contributed by atoms with Gasteiger partial charge in [-0.3, -0.25) is 4.90 Å². The molecule has 0 atom stereocenters. The van der Waals surface area contributed by atoms with Crippen molar-refractivity contribution >= 4 is 6.09 Å². The average molecular weight is 316 g/mol. The van der Waals surface area contributed by atoms with Crippen LogP contribution in [0.5, 0.6) is 0 Å². The second-order valence-electron chi connectivity index (χ2n) is 8.10. The molecule has 1 aliphatic carbocycles. The molecule has 1 aliphatic heterocycles. The number of hydrogen-bond donors (Lipinski definition) is 0. The van der Waals surface area contributed by atoms with E-state index >= 15 is 0 Å². The van der Waals surface area contributed by atoms with E-state index in [4.69, 9.17) is 4.74 Å². The fourth-order valence-corrected chi connectivity index (χ4v) is 3.30. The van der Waals surface area contributed by atoms with E-state index in [9.17, 15) is 4.79 Å². The summed E-state index contributed by atoms with van der Waals surface area (Å²) in [6.45, 7) is 10.3. The summed E-state index contributed by atoms with van der Waals surface area (Å²) in [4.78, 5) is 16.8. The topological polar surface area (TPSA) is 32.8 Å². The van der Waals surface area contributed by atoms with Crippen molar-refractivity contribution in [2.45, 2.75) is 45.8 Å². The molecule has 1 heterocycles. The summed E-state index contributed by atoms with van der Waals surface area (Å²) in [6, 6.07) is 10.6. The van der Waals surface area contributed by atoms with Crippen molar-refractivity contribution in [2.24, 2.45) is 5.41 Å². The Bertz CT molecular complexity index is 546. The maximum Gasteiger partial charge on any atom is 0.410 e. The molecule has 1 aromatic carbocycles. The number of amides is 1. The number of benzene rings is 1. The molecular weight excluding hydrogens is 288 g/mol. The molecule has 1 aromatic rings. The Morgan fingerprint density at radius 1 is 1.13 bits per heavy atom. The number of ether oxygens (including phenoxy) is 1. The van der Waals surface area contributed by atoms with Gasteiger partial charge in [0.25, 0.3) is 0 Å². The number of nitrogens with zero attached hydrogens (tertiary/aromatic N) is 2. The van der Waals surface area contributed by atoms with Crippen molar-refractivity contribution in [3.05, 3.63) is 35.9 Å². The molecule has 0 unspecified atom stereocenters. The van der Waals surface area contributed by atoms with Crippen molar-refractivity contribution in [3.8, 4) is 0 Å². The van der Waals surface area contributed by atoms with Gasteiger partial charge in [-0.25, -0.2) is 4.79 Å². The quantitative estimate of drug-likeness (QED) is 0.837. The van der Waals surface area contributed by atoms with E-state index in [1.54, 1.807) is 0 Å². The molecule has 4 heteroatoms. The van der Waals surface area contributed by atoms with Crippen LogP contribution in [-0.4, -0.2) is 47.7 Å².